The van der Waals surface area contributed by atoms with Gasteiger partial charge in [-0.1, -0.05) is 45.4 Å². The molecule has 1 rings (SSSR count). The molecule has 0 heterocycles. The Morgan fingerprint density at radius 3 is 2.04 bits per heavy atom. The zero-order valence-corrected chi connectivity index (χ0v) is 17.0. The molecule has 0 fully saturated rings. The number of hydrogen-bond acceptors (Lipinski definition) is 3. The van der Waals surface area contributed by atoms with E-state index in [-0.39, 0.29) is 18.9 Å². The molecular weight excluding hydrogens is 336 g/mol. The van der Waals surface area contributed by atoms with Crippen LogP contribution in [0.5, 0.6) is 0 Å². The Labute approximate surface area is 153 Å². The SMILES string of the molecule is CCCCN(C)C(=O)CCN(c1c(CC)cccc1CC)S(C)(=O)=O. The first kappa shape index (κ1) is 21.5. The average Bonchev–Trinajstić information content (AvgIpc) is 2.58. The van der Waals surface area contributed by atoms with Crippen LogP contribution >= 0.6 is 0 Å². The van der Waals surface area contributed by atoms with Gasteiger partial charge in [-0.15, -0.1) is 0 Å². The van der Waals surface area contributed by atoms with Gasteiger partial charge < -0.3 is 4.90 Å². The van der Waals surface area contributed by atoms with Crippen molar-refractivity contribution in [2.24, 2.45) is 0 Å². The summed E-state index contributed by atoms with van der Waals surface area (Å²) in [5.74, 6) is -0.0193. The number of anilines is 1. The smallest absolute Gasteiger partial charge is 0.232 e. The standard InChI is InChI=1S/C19H32N2O3S/c1-6-9-14-20(4)18(22)13-15-21(25(5,23)24)19-16(7-2)11-10-12-17(19)8-3/h10-12H,6-9,13-15H2,1-5H3. The van der Waals surface area contributed by atoms with Gasteiger partial charge in [0.2, 0.25) is 15.9 Å². The number of rotatable bonds is 10. The fourth-order valence-corrected chi connectivity index (χ4v) is 3.88. The van der Waals surface area contributed by atoms with E-state index < -0.39 is 10.0 Å². The van der Waals surface area contributed by atoms with Gasteiger partial charge in [-0.25, -0.2) is 8.42 Å². The summed E-state index contributed by atoms with van der Waals surface area (Å²) in [5.41, 5.74) is 2.74. The molecule has 25 heavy (non-hydrogen) atoms. The maximum atomic E-state index is 12.4. The first-order chi connectivity index (χ1) is 11.8. The van der Waals surface area contributed by atoms with E-state index in [1.165, 1.54) is 10.6 Å². The zero-order chi connectivity index (χ0) is 19.0. The van der Waals surface area contributed by atoms with Crippen LogP contribution in [0.25, 0.3) is 0 Å². The predicted octanol–water partition coefficient (Wildman–Crippen LogP) is 3.23. The molecule has 0 atom stereocenters. The van der Waals surface area contributed by atoms with Crippen molar-refractivity contribution in [1.29, 1.82) is 0 Å². The van der Waals surface area contributed by atoms with Crippen LogP contribution in [0, 0.1) is 0 Å². The van der Waals surface area contributed by atoms with E-state index in [1.807, 2.05) is 32.0 Å². The normalized spacial score (nSPS) is 11.4. The lowest BCUT2D eigenvalue weighted by Crippen LogP contribution is -2.36. The van der Waals surface area contributed by atoms with E-state index in [0.29, 0.717) is 6.54 Å². The Morgan fingerprint density at radius 1 is 1.04 bits per heavy atom. The number of benzene rings is 1. The van der Waals surface area contributed by atoms with Gasteiger partial charge in [-0.2, -0.15) is 0 Å². The topological polar surface area (TPSA) is 57.7 Å². The van der Waals surface area contributed by atoms with Crippen LogP contribution in [0.3, 0.4) is 0 Å². The van der Waals surface area contributed by atoms with Crippen LogP contribution in [0.2, 0.25) is 0 Å². The summed E-state index contributed by atoms with van der Waals surface area (Å²) in [6.07, 6.45) is 4.88. The van der Waals surface area contributed by atoms with Gasteiger partial charge >= 0.3 is 0 Å². The van der Waals surface area contributed by atoms with Crippen molar-refractivity contribution in [1.82, 2.24) is 4.90 Å². The number of nitrogens with zero attached hydrogens (tertiary/aromatic N) is 2. The second kappa shape index (κ2) is 9.80. The quantitative estimate of drug-likeness (QED) is 0.637. The maximum Gasteiger partial charge on any atom is 0.232 e. The molecule has 6 heteroatoms. The lowest BCUT2D eigenvalue weighted by molar-refractivity contribution is -0.129. The Hall–Kier alpha value is -1.56. The van der Waals surface area contributed by atoms with Gasteiger partial charge in [0, 0.05) is 26.6 Å². The van der Waals surface area contributed by atoms with Crippen molar-refractivity contribution in [3.8, 4) is 0 Å². The number of hydrogen-bond donors (Lipinski definition) is 0. The van der Waals surface area contributed by atoms with E-state index >= 15 is 0 Å². The molecular formula is C19H32N2O3S. The molecule has 0 radical (unpaired) electrons. The molecule has 0 saturated heterocycles. The third-order valence-corrected chi connectivity index (χ3v) is 5.58. The van der Waals surface area contributed by atoms with E-state index in [9.17, 15) is 13.2 Å². The first-order valence-corrected chi connectivity index (χ1v) is 10.9. The number of sulfonamides is 1. The third-order valence-electron chi connectivity index (χ3n) is 4.42. The summed E-state index contributed by atoms with van der Waals surface area (Å²) in [4.78, 5) is 14.0. The van der Waals surface area contributed by atoms with Crippen LogP contribution in [-0.2, 0) is 27.7 Å². The Morgan fingerprint density at radius 2 is 1.60 bits per heavy atom. The maximum absolute atomic E-state index is 12.4. The molecule has 1 aromatic rings. The average molecular weight is 369 g/mol. The molecule has 0 aromatic heterocycles. The van der Waals surface area contributed by atoms with Crippen LogP contribution in [0.1, 0.15) is 51.2 Å². The summed E-state index contributed by atoms with van der Waals surface area (Å²) < 4.78 is 26.3. The second-order valence-electron chi connectivity index (χ2n) is 6.39. The molecule has 1 aromatic carbocycles. The summed E-state index contributed by atoms with van der Waals surface area (Å²) in [5, 5.41) is 0. The highest BCUT2D eigenvalue weighted by Crippen LogP contribution is 2.29. The van der Waals surface area contributed by atoms with E-state index in [0.717, 1.165) is 42.5 Å². The first-order valence-electron chi connectivity index (χ1n) is 9.08. The highest BCUT2D eigenvalue weighted by Gasteiger charge is 2.23. The Balaban J connectivity index is 3.07. The van der Waals surface area contributed by atoms with Crippen LogP contribution in [-0.4, -0.2) is 45.6 Å². The van der Waals surface area contributed by atoms with Crippen molar-refractivity contribution in [3.63, 3.8) is 0 Å². The minimum atomic E-state index is -3.46. The monoisotopic (exact) mass is 368 g/mol. The number of aryl methyl sites for hydroxylation is 2. The fraction of sp³-hybridized carbons (Fsp3) is 0.632. The van der Waals surface area contributed by atoms with Gasteiger partial charge in [0.25, 0.3) is 0 Å². The van der Waals surface area contributed by atoms with E-state index in [1.54, 1.807) is 11.9 Å². The number of carbonyl (C=O) groups excluding carboxylic acids is 1. The molecule has 0 unspecified atom stereocenters. The highest BCUT2D eigenvalue weighted by molar-refractivity contribution is 7.92. The molecule has 0 spiro atoms. The minimum absolute atomic E-state index is 0.0193. The fourth-order valence-electron chi connectivity index (χ4n) is 2.89. The molecule has 1 amide bonds. The van der Waals surface area contributed by atoms with Crippen molar-refractivity contribution in [2.45, 2.75) is 52.9 Å². The number of amides is 1. The molecule has 0 aliphatic rings. The van der Waals surface area contributed by atoms with Gasteiger partial charge in [-0.05, 0) is 30.4 Å². The van der Waals surface area contributed by atoms with Gasteiger partial charge in [0.05, 0.1) is 11.9 Å². The lowest BCUT2D eigenvalue weighted by Gasteiger charge is -2.28. The minimum Gasteiger partial charge on any atom is -0.346 e. The van der Waals surface area contributed by atoms with Crippen molar-refractivity contribution in [2.75, 3.05) is 30.7 Å². The molecule has 0 bridgehead atoms. The van der Waals surface area contributed by atoms with Crippen molar-refractivity contribution in [3.05, 3.63) is 29.3 Å². The molecule has 142 valence electrons. The number of para-hydroxylation sites is 1. The summed E-state index contributed by atoms with van der Waals surface area (Å²) in [6.45, 7) is 7.00. The van der Waals surface area contributed by atoms with Gasteiger partial charge in [0.15, 0.2) is 0 Å². The Bertz CT molecular complexity index is 649. The van der Waals surface area contributed by atoms with Crippen LogP contribution < -0.4 is 4.31 Å². The predicted molar refractivity (Wildman–Crippen MR) is 105 cm³/mol. The molecule has 0 N–H and O–H groups in total. The third kappa shape index (κ3) is 6.03. The van der Waals surface area contributed by atoms with E-state index in [2.05, 4.69) is 6.92 Å². The van der Waals surface area contributed by atoms with Crippen LogP contribution in [0.15, 0.2) is 18.2 Å². The largest absolute Gasteiger partial charge is 0.346 e. The molecule has 0 saturated carbocycles. The highest BCUT2D eigenvalue weighted by atomic mass is 32.2. The van der Waals surface area contributed by atoms with Crippen molar-refractivity contribution >= 4 is 21.6 Å². The number of unbranched alkanes of at least 4 members (excludes halogenated alkanes) is 1. The summed E-state index contributed by atoms with van der Waals surface area (Å²) >= 11 is 0. The van der Waals surface area contributed by atoms with Gasteiger partial charge in [0.1, 0.15) is 0 Å². The van der Waals surface area contributed by atoms with Gasteiger partial charge in [-0.3, -0.25) is 9.10 Å². The molecule has 0 aliphatic carbocycles. The summed E-state index contributed by atoms with van der Waals surface area (Å²) in [7, 11) is -1.68. The molecule has 5 nitrogen and oxygen atoms in total. The van der Waals surface area contributed by atoms with Crippen molar-refractivity contribution < 1.29 is 13.2 Å². The lowest BCUT2D eigenvalue weighted by atomic mass is 10.0. The zero-order valence-electron chi connectivity index (χ0n) is 16.2. The summed E-state index contributed by atoms with van der Waals surface area (Å²) in [6, 6.07) is 5.88. The second-order valence-corrected chi connectivity index (χ2v) is 8.29. The Kier molecular flexibility index (Phi) is 8.42. The molecule has 0 aliphatic heterocycles. The van der Waals surface area contributed by atoms with Crippen LogP contribution in [0.4, 0.5) is 5.69 Å². The number of carbonyl (C=O) groups is 1. The van der Waals surface area contributed by atoms with E-state index in [4.69, 9.17) is 0 Å².